The summed E-state index contributed by atoms with van der Waals surface area (Å²) in [6.45, 7) is 1.81. The van der Waals surface area contributed by atoms with Crippen molar-refractivity contribution in [2.75, 3.05) is 0 Å². The first kappa shape index (κ1) is 11.5. The topological polar surface area (TPSA) is 26.0 Å². The van der Waals surface area contributed by atoms with Crippen molar-refractivity contribution in [1.29, 1.82) is 0 Å². The van der Waals surface area contributed by atoms with E-state index in [9.17, 15) is 4.39 Å². The van der Waals surface area contributed by atoms with Crippen LogP contribution >= 0.6 is 12.4 Å². The van der Waals surface area contributed by atoms with E-state index in [0.717, 1.165) is 0 Å². The maximum Gasteiger partial charge on any atom is 0.127 e. The fourth-order valence-electron chi connectivity index (χ4n) is 1.58. The highest BCUT2D eigenvalue weighted by molar-refractivity contribution is 5.85. The molecule has 3 heteroatoms. The summed E-state index contributed by atoms with van der Waals surface area (Å²) in [6, 6.07) is 5.11. The lowest BCUT2D eigenvalue weighted by molar-refractivity contribution is 0.592. The summed E-state index contributed by atoms with van der Waals surface area (Å²) in [5.74, 6) is 0.484. The Kier molecular flexibility index (Phi) is 3.51. The van der Waals surface area contributed by atoms with Crippen molar-refractivity contribution in [3.8, 4) is 0 Å². The normalized spacial score (nSPS) is 17.4. The summed E-state index contributed by atoms with van der Waals surface area (Å²) in [5, 5.41) is 0. The molecule has 2 rings (SSSR count). The lowest BCUT2D eigenvalue weighted by atomic mass is 10.0. The molecule has 1 aliphatic carbocycles. The van der Waals surface area contributed by atoms with Gasteiger partial charge >= 0.3 is 0 Å². The highest BCUT2D eigenvalue weighted by Crippen LogP contribution is 2.40. The third-order valence-corrected chi connectivity index (χ3v) is 2.56. The van der Waals surface area contributed by atoms with Gasteiger partial charge in [0.2, 0.25) is 0 Å². The van der Waals surface area contributed by atoms with Gasteiger partial charge in [0, 0.05) is 11.6 Å². The fraction of sp³-hybridized carbons (Fsp3) is 0.455. The van der Waals surface area contributed by atoms with Gasteiger partial charge in [-0.25, -0.2) is 4.39 Å². The van der Waals surface area contributed by atoms with Gasteiger partial charge in [0.1, 0.15) is 5.82 Å². The third kappa shape index (κ3) is 2.25. The van der Waals surface area contributed by atoms with Crippen molar-refractivity contribution in [3.63, 3.8) is 0 Å². The molecule has 0 spiro atoms. The fourth-order valence-corrected chi connectivity index (χ4v) is 1.58. The maximum atomic E-state index is 13.2. The summed E-state index contributed by atoms with van der Waals surface area (Å²) < 4.78 is 13.2. The third-order valence-electron chi connectivity index (χ3n) is 2.56. The Morgan fingerprint density at radius 3 is 2.57 bits per heavy atom. The number of nitrogens with two attached hydrogens (primary N) is 1. The van der Waals surface area contributed by atoms with Gasteiger partial charge in [0.25, 0.3) is 0 Å². The molecule has 1 saturated carbocycles. The highest BCUT2D eigenvalue weighted by atomic mass is 35.5. The lowest BCUT2D eigenvalue weighted by Gasteiger charge is -2.08. The number of rotatable bonds is 2. The largest absolute Gasteiger partial charge is 0.324 e. The van der Waals surface area contributed by atoms with Crippen molar-refractivity contribution in [3.05, 3.63) is 35.1 Å². The molecule has 1 fully saturated rings. The van der Waals surface area contributed by atoms with Crippen LogP contribution in [0, 0.1) is 5.82 Å². The van der Waals surface area contributed by atoms with Crippen LogP contribution in [0.1, 0.15) is 42.9 Å². The smallest absolute Gasteiger partial charge is 0.127 e. The van der Waals surface area contributed by atoms with Crippen LogP contribution in [0.15, 0.2) is 18.2 Å². The van der Waals surface area contributed by atoms with E-state index in [2.05, 4.69) is 0 Å². The first-order valence-electron chi connectivity index (χ1n) is 4.73. The van der Waals surface area contributed by atoms with E-state index in [1.54, 1.807) is 0 Å². The Hall–Kier alpha value is -0.600. The van der Waals surface area contributed by atoms with E-state index in [4.69, 9.17) is 5.73 Å². The van der Waals surface area contributed by atoms with Crippen molar-refractivity contribution >= 4 is 12.4 Å². The predicted molar refractivity (Wildman–Crippen MR) is 58.2 cm³/mol. The average Bonchev–Trinajstić information content (AvgIpc) is 2.87. The first-order valence-corrected chi connectivity index (χ1v) is 4.73. The molecule has 1 aliphatic rings. The van der Waals surface area contributed by atoms with Crippen LogP contribution in [-0.4, -0.2) is 0 Å². The first-order chi connectivity index (χ1) is 6.18. The Balaban J connectivity index is 0.000000980. The quantitative estimate of drug-likeness (QED) is 0.806. The highest BCUT2D eigenvalue weighted by Gasteiger charge is 2.24. The monoisotopic (exact) mass is 215 g/mol. The zero-order chi connectivity index (χ0) is 9.42. The minimum Gasteiger partial charge on any atom is -0.324 e. The molecule has 1 aromatic rings. The molecule has 0 aromatic heterocycles. The summed E-state index contributed by atoms with van der Waals surface area (Å²) in [6.07, 6.45) is 2.48. The summed E-state index contributed by atoms with van der Waals surface area (Å²) >= 11 is 0. The van der Waals surface area contributed by atoms with Crippen molar-refractivity contribution in [2.24, 2.45) is 5.73 Å². The minimum atomic E-state index is -0.210. The summed E-state index contributed by atoms with van der Waals surface area (Å²) in [4.78, 5) is 0. The second-order valence-corrected chi connectivity index (χ2v) is 3.84. The Bertz CT molecular complexity index is 321. The molecule has 0 aliphatic heterocycles. The molecule has 1 atom stereocenters. The van der Waals surface area contributed by atoms with E-state index < -0.39 is 0 Å². The second-order valence-electron chi connectivity index (χ2n) is 3.84. The molecular weight excluding hydrogens is 201 g/mol. The number of benzene rings is 1. The van der Waals surface area contributed by atoms with Crippen LogP contribution in [0.5, 0.6) is 0 Å². The van der Waals surface area contributed by atoms with Crippen LogP contribution in [0.4, 0.5) is 4.39 Å². The second kappa shape index (κ2) is 4.28. The van der Waals surface area contributed by atoms with E-state index in [1.165, 1.54) is 24.5 Å². The van der Waals surface area contributed by atoms with Crippen LogP contribution < -0.4 is 5.73 Å². The molecule has 78 valence electrons. The van der Waals surface area contributed by atoms with Gasteiger partial charge < -0.3 is 5.73 Å². The van der Waals surface area contributed by atoms with Gasteiger partial charge in [0.05, 0.1) is 0 Å². The zero-order valence-corrected chi connectivity index (χ0v) is 8.98. The van der Waals surface area contributed by atoms with Gasteiger partial charge in [-0.05, 0) is 37.3 Å². The van der Waals surface area contributed by atoms with Crippen LogP contribution in [-0.2, 0) is 0 Å². The van der Waals surface area contributed by atoms with Gasteiger partial charge in [-0.1, -0.05) is 12.1 Å². The number of halogens is 2. The molecule has 2 N–H and O–H groups in total. The molecule has 14 heavy (non-hydrogen) atoms. The Morgan fingerprint density at radius 1 is 1.43 bits per heavy atom. The van der Waals surface area contributed by atoms with Crippen molar-refractivity contribution in [2.45, 2.75) is 31.7 Å². The van der Waals surface area contributed by atoms with Crippen molar-refractivity contribution in [1.82, 2.24) is 0 Å². The molecular formula is C11H15ClFN. The maximum absolute atomic E-state index is 13.2. The summed E-state index contributed by atoms with van der Waals surface area (Å²) in [7, 11) is 0. The van der Waals surface area contributed by atoms with Gasteiger partial charge in [0.15, 0.2) is 0 Å². The molecule has 0 radical (unpaired) electrons. The van der Waals surface area contributed by atoms with E-state index >= 15 is 0 Å². The van der Waals surface area contributed by atoms with Gasteiger partial charge in [-0.15, -0.1) is 12.4 Å². The van der Waals surface area contributed by atoms with Crippen LogP contribution in [0.2, 0.25) is 0 Å². The molecule has 1 unspecified atom stereocenters. The van der Waals surface area contributed by atoms with Crippen LogP contribution in [0.25, 0.3) is 0 Å². The number of hydrogen-bond acceptors (Lipinski definition) is 1. The Morgan fingerprint density at radius 2 is 2.07 bits per heavy atom. The van der Waals surface area contributed by atoms with Gasteiger partial charge in [-0.3, -0.25) is 0 Å². The SMILES string of the molecule is CC(N)c1cc(C2CC2)ccc1F.Cl. The average molecular weight is 216 g/mol. The summed E-state index contributed by atoms with van der Waals surface area (Å²) in [5.41, 5.74) is 7.55. The molecule has 1 aromatic carbocycles. The zero-order valence-electron chi connectivity index (χ0n) is 8.16. The minimum absolute atomic E-state index is 0. The molecule has 0 amide bonds. The van der Waals surface area contributed by atoms with Crippen LogP contribution in [0.3, 0.4) is 0 Å². The van der Waals surface area contributed by atoms with Gasteiger partial charge in [-0.2, -0.15) is 0 Å². The molecule has 0 saturated heterocycles. The lowest BCUT2D eigenvalue weighted by Crippen LogP contribution is -2.07. The number of hydrogen-bond donors (Lipinski definition) is 1. The molecule has 0 heterocycles. The Labute approximate surface area is 89.9 Å². The van der Waals surface area contributed by atoms with E-state index in [0.29, 0.717) is 11.5 Å². The predicted octanol–water partition coefficient (Wildman–Crippen LogP) is 3.14. The van der Waals surface area contributed by atoms with E-state index in [1.807, 2.05) is 19.1 Å². The molecule has 0 bridgehead atoms. The van der Waals surface area contributed by atoms with E-state index in [-0.39, 0.29) is 24.3 Å². The molecule has 1 nitrogen and oxygen atoms in total. The van der Waals surface area contributed by atoms with Crippen molar-refractivity contribution < 1.29 is 4.39 Å². The standard InChI is InChI=1S/C11H14FN.ClH/c1-7(13)10-6-9(8-2-3-8)4-5-11(10)12;/h4-8H,2-3,13H2,1H3;1H.